The first kappa shape index (κ1) is 26.5. The molecule has 2 bridgehead atoms. The Labute approximate surface area is 234 Å². The van der Waals surface area contributed by atoms with Gasteiger partial charge in [0.2, 0.25) is 0 Å². The zero-order valence-corrected chi connectivity index (χ0v) is 22.7. The molecule has 7 nitrogen and oxygen atoms in total. The van der Waals surface area contributed by atoms with E-state index in [-0.39, 0.29) is 12.3 Å². The number of ether oxygens (including phenoxy) is 5. The minimum atomic E-state index is -0.425. The summed E-state index contributed by atoms with van der Waals surface area (Å²) < 4.78 is 28.0. The number of epoxide rings is 1. The monoisotopic (exact) mass is 542 g/mol. The van der Waals surface area contributed by atoms with Gasteiger partial charge in [-0.15, -0.1) is 0 Å². The molecule has 3 aromatic rings. The normalized spacial score (nSPS) is 20.2. The Bertz CT molecular complexity index is 1360. The maximum atomic E-state index is 13.0. The molecule has 2 aliphatic carbocycles. The maximum Gasteiger partial charge on any atom is 0.343 e. The fourth-order valence-corrected chi connectivity index (χ4v) is 5.82. The van der Waals surface area contributed by atoms with Crippen LogP contribution in [0.1, 0.15) is 88.3 Å². The van der Waals surface area contributed by atoms with Gasteiger partial charge in [0.05, 0.1) is 24.3 Å². The highest BCUT2D eigenvalue weighted by molar-refractivity contribution is 5.92. The number of hydrogen-bond donors (Lipinski definition) is 0. The van der Waals surface area contributed by atoms with E-state index in [9.17, 15) is 9.59 Å². The quantitative estimate of drug-likeness (QED) is 0.111. The zero-order chi connectivity index (χ0) is 27.5. The molecular formula is C33H34O7. The summed E-state index contributed by atoms with van der Waals surface area (Å²) in [7, 11) is 0. The lowest BCUT2D eigenvalue weighted by Gasteiger charge is -2.21. The van der Waals surface area contributed by atoms with Crippen molar-refractivity contribution in [2.75, 3.05) is 19.8 Å². The number of carbonyl (C=O) groups is 2. The third-order valence-electron chi connectivity index (χ3n) is 7.84. The zero-order valence-electron chi connectivity index (χ0n) is 22.7. The molecular weight excluding hydrogens is 508 g/mol. The first-order chi connectivity index (χ1) is 19.6. The van der Waals surface area contributed by atoms with E-state index in [4.69, 9.17) is 23.7 Å². The van der Waals surface area contributed by atoms with Gasteiger partial charge in [0.15, 0.2) is 6.29 Å². The Hall–Kier alpha value is -3.68. The molecule has 0 amide bonds. The van der Waals surface area contributed by atoms with Gasteiger partial charge in [0, 0.05) is 17.5 Å². The molecule has 3 unspecified atom stereocenters. The van der Waals surface area contributed by atoms with Crippen LogP contribution < -0.4 is 14.2 Å². The number of aryl methyl sites for hydroxylation is 1. The molecule has 208 valence electrons. The van der Waals surface area contributed by atoms with Crippen molar-refractivity contribution in [1.29, 1.82) is 0 Å². The highest BCUT2D eigenvalue weighted by Gasteiger charge is 2.42. The van der Waals surface area contributed by atoms with Crippen LogP contribution in [0.4, 0.5) is 0 Å². The van der Waals surface area contributed by atoms with E-state index in [2.05, 4.69) is 6.92 Å². The second-order valence-electron chi connectivity index (χ2n) is 10.7. The topological polar surface area (TPSA) is 83.6 Å². The minimum absolute atomic E-state index is 0.0406. The van der Waals surface area contributed by atoms with Crippen LogP contribution in [-0.4, -0.2) is 38.0 Å². The fraction of sp³-hybridized carbons (Fsp3) is 0.394. The Morgan fingerprint density at radius 2 is 1.38 bits per heavy atom. The van der Waals surface area contributed by atoms with Gasteiger partial charge in [-0.1, -0.05) is 25.5 Å². The van der Waals surface area contributed by atoms with Gasteiger partial charge in [0.1, 0.15) is 23.9 Å². The summed E-state index contributed by atoms with van der Waals surface area (Å²) in [5, 5.41) is 0. The highest BCUT2D eigenvalue weighted by Crippen LogP contribution is 2.58. The fourth-order valence-electron chi connectivity index (χ4n) is 5.82. The van der Waals surface area contributed by atoms with Crippen molar-refractivity contribution < 1.29 is 33.3 Å². The van der Waals surface area contributed by atoms with Gasteiger partial charge in [-0.25, -0.2) is 9.59 Å². The van der Waals surface area contributed by atoms with Crippen molar-refractivity contribution in [2.45, 2.75) is 63.6 Å². The maximum absolute atomic E-state index is 13.0. The van der Waals surface area contributed by atoms with Gasteiger partial charge in [-0.3, -0.25) is 0 Å². The van der Waals surface area contributed by atoms with Crippen LogP contribution >= 0.6 is 0 Å². The van der Waals surface area contributed by atoms with E-state index >= 15 is 0 Å². The second kappa shape index (κ2) is 11.8. The molecule has 3 atom stereocenters. The molecule has 1 saturated carbocycles. The van der Waals surface area contributed by atoms with Crippen LogP contribution in [0.5, 0.6) is 17.2 Å². The molecule has 1 heterocycles. The molecule has 2 fully saturated rings. The standard InChI is InChI=1S/C33H34O7/c1-2-4-21-5-7-22(8-6-21)32(34)39-27-15-16-28(31-25-10-9-24(19-25)30(27)31)40-33(35)23-11-13-26(14-12-23)36-17-3-18-37-29-20-38-29/h5-8,11-16,24-25,29H,2-4,9-10,17-20H2,1H3. The number of hydrogen-bond acceptors (Lipinski definition) is 7. The van der Waals surface area contributed by atoms with Crippen LogP contribution in [-0.2, 0) is 15.9 Å². The lowest BCUT2D eigenvalue weighted by atomic mass is 9.90. The van der Waals surface area contributed by atoms with Gasteiger partial charge in [0.25, 0.3) is 0 Å². The Balaban J connectivity index is 1.11. The van der Waals surface area contributed by atoms with Crippen molar-refractivity contribution in [3.05, 3.63) is 88.5 Å². The lowest BCUT2D eigenvalue weighted by molar-refractivity contribution is 0.0434. The molecule has 3 aliphatic rings. The molecule has 0 aromatic heterocycles. The van der Waals surface area contributed by atoms with Gasteiger partial charge in [-0.2, -0.15) is 0 Å². The number of rotatable bonds is 12. The molecule has 1 aliphatic heterocycles. The van der Waals surface area contributed by atoms with E-state index in [1.54, 1.807) is 36.4 Å². The molecule has 0 radical (unpaired) electrons. The van der Waals surface area contributed by atoms with Crippen LogP contribution in [0.25, 0.3) is 0 Å². The smallest absolute Gasteiger partial charge is 0.343 e. The second-order valence-corrected chi connectivity index (χ2v) is 10.7. The van der Waals surface area contributed by atoms with Crippen molar-refractivity contribution >= 4 is 11.9 Å². The molecule has 7 heteroatoms. The average Bonchev–Trinajstić information content (AvgIpc) is 3.56. The lowest BCUT2D eigenvalue weighted by Crippen LogP contribution is -2.14. The van der Waals surface area contributed by atoms with Crippen LogP contribution in [0.2, 0.25) is 0 Å². The molecule has 0 N–H and O–H groups in total. The van der Waals surface area contributed by atoms with Crippen molar-refractivity contribution in [3.8, 4) is 17.2 Å². The molecule has 0 spiro atoms. The summed E-state index contributed by atoms with van der Waals surface area (Å²) in [6, 6.07) is 18.1. The Kier molecular flexibility index (Phi) is 7.84. The number of benzene rings is 3. The third kappa shape index (κ3) is 5.91. The first-order valence-corrected chi connectivity index (χ1v) is 14.2. The van der Waals surface area contributed by atoms with Gasteiger partial charge >= 0.3 is 11.9 Å². The van der Waals surface area contributed by atoms with Crippen molar-refractivity contribution in [1.82, 2.24) is 0 Å². The number of esters is 2. The summed E-state index contributed by atoms with van der Waals surface area (Å²) in [5.74, 6) is 1.63. The van der Waals surface area contributed by atoms with E-state index in [0.717, 1.165) is 49.7 Å². The largest absolute Gasteiger partial charge is 0.494 e. The van der Waals surface area contributed by atoms with Gasteiger partial charge < -0.3 is 23.7 Å². The number of carbonyl (C=O) groups excluding carboxylic acids is 2. The van der Waals surface area contributed by atoms with E-state index in [0.29, 0.717) is 60.0 Å². The Morgan fingerprint density at radius 3 is 1.93 bits per heavy atom. The third-order valence-corrected chi connectivity index (χ3v) is 7.84. The van der Waals surface area contributed by atoms with E-state index in [1.807, 2.05) is 24.3 Å². The molecule has 3 aromatic carbocycles. The Morgan fingerprint density at radius 1 is 0.800 bits per heavy atom. The van der Waals surface area contributed by atoms with E-state index in [1.165, 1.54) is 5.56 Å². The summed E-state index contributed by atoms with van der Waals surface area (Å²) in [4.78, 5) is 26.0. The van der Waals surface area contributed by atoms with Crippen LogP contribution in [0.3, 0.4) is 0 Å². The molecule has 6 rings (SSSR count). The van der Waals surface area contributed by atoms with Crippen molar-refractivity contribution in [2.24, 2.45) is 0 Å². The summed E-state index contributed by atoms with van der Waals surface area (Å²) in [5.41, 5.74) is 4.20. The van der Waals surface area contributed by atoms with Crippen molar-refractivity contribution in [3.63, 3.8) is 0 Å². The van der Waals surface area contributed by atoms with Crippen LogP contribution in [0, 0.1) is 0 Å². The summed E-state index contributed by atoms with van der Waals surface area (Å²) >= 11 is 0. The molecule has 40 heavy (non-hydrogen) atoms. The number of fused-ring (bicyclic) bond motifs is 5. The first-order valence-electron chi connectivity index (χ1n) is 14.2. The van der Waals surface area contributed by atoms with Crippen LogP contribution in [0.15, 0.2) is 60.7 Å². The SMILES string of the molecule is CCCc1ccc(C(=O)Oc2ccc(OC(=O)c3ccc(OCCCOC4CO4)cc3)c3c2C2CCC3C2)cc1. The molecule has 1 saturated heterocycles. The predicted octanol–water partition coefficient (Wildman–Crippen LogP) is 6.58. The van der Waals surface area contributed by atoms with Gasteiger partial charge in [-0.05, 0) is 91.6 Å². The summed E-state index contributed by atoms with van der Waals surface area (Å²) in [6.07, 6.45) is 5.84. The predicted molar refractivity (Wildman–Crippen MR) is 148 cm³/mol. The minimum Gasteiger partial charge on any atom is -0.494 e. The summed E-state index contributed by atoms with van der Waals surface area (Å²) in [6.45, 7) is 3.92. The van der Waals surface area contributed by atoms with E-state index < -0.39 is 5.97 Å². The highest BCUT2D eigenvalue weighted by atomic mass is 16.8. The average molecular weight is 543 g/mol.